The number of carboxylic acid groups (broad SMARTS) is 2. The minimum absolute atomic E-state index is 0.0776. The van der Waals surface area contributed by atoms with E-state index in [4.69, 9.17) is 48.4 Å². The van der Waals surface area contributed by atoms with Gasteiger partial charge in [-0.05, 0) is 269 Å². The van der Waals surface area contributed by atoms with Gasteiger partial charge in [0.1, 0.15) is 11.8 Å². The molecule has 662 valence electrons. The number of nitrogens with zero attached hydrogens (tertiary/aromatic N) is 6. The van der Waals surface area contributed by atoms with Gasteiger partial charge < -0.3 is 68.5 Å². The molecule has 7 aromatic heterocycles. The van der Waals surface area contributed by atoms with Crippen LogP contribution >= 0.6 is 0 Å². The number of H-pyrrole nitrogens is 6. The third-order valence-electron chi connectivity index (χ3n) is 25.5. The molecular formula is C102H98N12O16. The summed E-state index contributed by atoms with van der Waals surface area (Å²) in [6.45, 7) is 23.5. The van der Waals surface area contributed by atoms with Gasteiger partial charge in [-0.2, -0.15) is 0 Å². The molecule has 24 bridgehead atoms. The van der Waals surface area contributed by atoms with Crippen LogP contribution in [0.15, 0.2) is 158 Å². The Labute approximate surface area is 748 Å². The van der Waals surface area contributed by atoms with Crippen molar-refractivity contribution in [3.05, 3.63) is 271 Å². The number of aromatic nitrogens is 12. The lowest BCUT2D eigenvalue weighted by molar-refractivity contribution is -0.149. The third-order valence-corrected chi connectivity index (χ3v) is 25.5. The lowest BCUT2D eigenvalue weighted by Crippen LogP contribution is -2.42. The van der Waals surface area contributed by atoms with Gasteiger partial charge in [0.05, 0.1) is 133 Å². The van der Waals surface area contributed by atoms with Gasteiger partial charge in [0.25, 0.3) is 0 Å². The van der Waals surface area contributed by atoms with Crippen molar-refractivity contribution in [3.63, 3.8) is 0 Å². The molecule has 0 radical (unpaired) electrons. The van der Waals surface area contributed by atoms with Crippen molar-refractivity contribution in [2.24, 2.45) is 11.8 Å². The molecule has 28 nitrogen and oxygen atoms in total. The Morgan fingerprint density at radius 2 is 0.715 bits per heavy atom. The summed E-state index contributed by atoms with van der Waals surface area (Å²) in [7, 11) is 7.79. The van der Waals surface area contributed by atoms with E-state index in [1.54, 1.807) is 30.4 Å². The maximum absolute atomic E-state index is 13.7. The van der Waals surface area contributed by atoms with Crippen LogP contribution in [0.2, 0.25) is 0 Å². The quantitative estimate of drug-likeness (QED) is 0.0292. The number of aromatic amines is 6. The number of ether oxygens (including phenoxy) is 6. The van der Waals surface area contributed by atoms with Gasteiger partial charge in [-0.1, -0.05) is 49.6 Å². The number of fused-ring (bicyclic) bond motifs is 30. The second kappa shape index (κ2) is 36.5. The Kier molecular flexibility index (Phi) is 25.1. The second-order valence-electron chi connectivity index (χ2n) is 32.9. The van der Waals surface area contributed by atoms with Crippen LogP contribution in [0, 0.1) is 25.7 Å². The second-order valence-corrected chi connectivity index (χ2v) is 32.9. The van der Waals surface area contributed by atoms with Crippen LogP contribution in [-0.4, -0.2) is 160 Å². The van der Waals surface area contributed by atoms with Crippen molar-refractivity contribution in [2.45, 2.75) is 118 Å². The summed E-state index contributed by atoms with van der Waals surface area (Å²) in [4.78, 5) is 152. The molecule has 10 aliphatic rings. The van der Waals surface area contributed by atoms with Crippen molar-refractivity contribution in [3.8, 4) is 0 Å². The van der Waals surface area contributed by atoms with Crippen LogP contribution in [0.1, 0.15) is 193 Å². The zero-order valence-corrected chi connectivity index (χ0v) is 74.5. The van der Waals surface area contributed by atoms with Gasteiger partial charge >= 0.3 is 47.8 Å². The van der Waals surface area contributed by atoms with Crippen molar-refractivity contribution < 1.29 is 77.0 Å². The highest BCUT2D eigenvalue weighted by Gasteiger charge is 2.55. The monoisotopic (exact) mass is 1750 g/mol. The SMILES string of the molecule is C1=Cc2cc3ccc(cc4nc(cc5ccc(cc1n2)[nH]5)C=C4)[nH]3.C=CC1=C(C)c2cc3[nH]c(cc4nc(cc5[nH]c(cc1n2)c(C)c5CCC(=O)O)C(CCC(=O)OC)=C4C)[C@@]1(C)C3=CC=C(C(=O)OC)[C@H]1C(=O)OC.C=CC1=C(C)c2cc3[nH]c(cc4nc(cc5[nH]c(cc1n2)c(C)c5CCC(=O)OC)C(CCC(=O)O)=C4C)[C@@]1(C)C3=CC=C(C(=O)OC)[C@H]1C(=O)OC. The molecule has 0 amide bonds. The zero-order chi connectivity index (χ0) is 92.6. The van der Waals surface area contributed by atoms with E-state index in [0.29, 0.717) is 92.2 Å². The fraction of sp³-hybridized carbons (Fsp3) is 0.255. The fourth-order valence-corrected chi connectivity index (χ4v) is 18.3. The van der Waals surface area contributed by atoms with Gasteiger partial charge in [-0.15, -0.1) is 0 Å². The standard InChI is InChI=1S/2C41H42N4O8.C20H14N4/c1-9-23-20(2)29-17-34-27-13-10-26(39(49)52-7)38(40(50)53-8)41(27,5)35(45-34)19-30-22(4)24(11-14-36(46)47)32(44-30)18-33-25(12-15-37(48)51-6)21(3)28(43-33)16-31(23)42-29;1-9-23-20(2)29-17-34-27-13-10-26(39(49)52-7)38(40(50)53-8)41(27,5)35(45-34)19-30-22(4)25(12-15-37(48)51-6)33(44-30)18-32-24(11-14-36(46)47)21(3)28(43-32)16-31(23)42-29;1-2-14-10-16-5-6-18(23-16)12-20-8-7-19(24-20)11-17-4-3-15(22-17)9-13(1)21-14/h2*9-10,13,16-19,38,43,45H,1,11-12,14-15H2,2-8H3,(H,46,47);1-12,21,24H/t2*38-,41+;/m00./s1. The van der Waals surface area contributed by atoms with E-state index in [9.17, 15) is 48.6 Å². The first kappa shape index (κ1) is 89.3. The lowest BCUT2D eigenvalue weighted by atomic mass is 9.64. The molecule has 15 heterocycles. The number of methoxy groups -OCH3 is 6. The van der Waals surface area contributed by atoms with E-state index in [-0.39, 0.29) is 61.6 Å². The van der Waals surface area contributed by atoms with E-state index in [0.717, 1.165) is 134 Å². The number of nitrogens with one attached hydrogen (secondary N) is 6. The highest BCUT2D eigenvalue weighted by Crippen LogP contribution is 2.55. The lowest BCUT2D eigenvalue weighted by Gasteiger charge is -2.36. The first-order chi connectivity index (χ1) is 62.3. The minimum atomic E-state index is -1.15. The fourth-order valence-electron chi connectivity index (χ4n) is 18.3. The van der Waals surface area contributed by atoms with E-state index in [2.05, 4.69) is 77.3 Å². The summed E-state index contributed by atoms with van der Waals surface area (Å²) in [5, 5.41) is 19.3. The number of hydrogen-bond donors (Lipinski definition) is 8. The Morgan fingerprint density at radius 3 is 1.07 bits per heavy atom. The Balaban J connectivity index is 0.000000159. The first-order valence-corrected chi connectivity index (χ1v) is 42.3. The Bertz CT molecular complexity index is 6910. The number of carbonyl (C=O) groups is 8. The predicted molar refractivity (Wildman–Crippen MR) is 500 cm³/mol. The maximum Gasteiger partial charge on any atom is 0.334 e. The van der Waals surface area contributed by atoms with E-state index >= 15 is 0 Å². The molecular weight excluding hydrogens is 1650 g/mol. The summed E-state index contributed by atoms with van der Waals surface area (Å²) < 4.78 is 30.7. The van der Waals surface area contributed by atoms with E-state index in [1.807, 2.05) is 159 Å². The minimum Gasteiger partial charge on any atom is -0.481 e. The molecule has 8 N–H and O–H groups in total. The maximum atomic E-state index is 13.7. The Hall–Kier alpha value is -15.5. The average molecular weight is 1750 g/mol. The Morgan fingerprint density at radius 1 is 0.377 bits per heavy atom. The summed E-state index contributed by atoms with van der Waals surface area (Å²) in [6.07, 6.45) is 19.7. The molecule has 0 aromatic carbocycles. The normalized spacial score (nSPS) is 17.4. The largest absolute Gasteiger partial charge is 0.481 e. The highest BCUT2D eigenvalue weighted by molar-refractivity contribution is 6.06. The van der Waals surface area contributed by atoms with Crippen LogP contribution in [0.3, 0.4) is 0 Å². The topological polar surface area (TPSA) is 404 Å². The molecule has 130 heavy (non-hydrogen) atoms. The number of allylic oxidation sites excluding steroid dienone is 16. The zero-order valence-electron chi connectivity index (χ0n) is 74.5. The van der Waals surface area contributed by atoms with Gasteiger partial charge in [-0.25, -0.2) is 39.5 Å². The molecule has 17 rings (SSSR count). The van der Waals surface area contributed by atoms with Crippen molar-refractivity contribution in [2.75, 3.05) is 42.7 Å². The number of aliphatic carboxylic acids is 2. The van der Waals surface area contributed by atoms with Crippen LogP contribution in [0.4, 0.5) is 0 Å². The average Bonchev–Trinajstić information content (AvgIpc) is 1.55. The van der Waals surface area contributed by atoms with Gasteiger partial charge in [-0.3, -0.25) is 28.8 Å². The predicted octanol–water partition coefficient (Wildman–Crippen LogP) is 17.9. The van der Waals surface area contributed by atoms with Crippen LogP contribution < -0.4 is 0 Å². The molecule has 2 aliphatic carbocycles. The van der Waals surface area contributed by atoms with E-state index in [1.165, 1.54) is 42.7 Å². The summed E-state index contributed by atoms with van der Waals surface area (Å²) in [6, 6.07) is 31.5. The molecule has 0 fully saturated rings. The van der Waals surface area contributed by atoms with Crippen LogP contribution in [0.5, 0.6) is 0 Å². The van der Waals surface area contributed by atoms with Crippen molar-refractivity contribution in [1.82, 2.24) is 59.8 Å². The number of aryl methyl sites for hydroxylation is 4. The van der Waals surface area contributed by atoms with Crippen molar-refractivity contribution in [1.29, 1.82) is 0 Å². The molecule has 4 atom stereocenters. The van der Waals surface area contributed by atoms with Gasteiger partial charge in [0.15, 0.2) is 0 Å². The summed E-state index contributed by atoms with van der Waals surface area (Å²) in [5.74, 6) is -7.30. The van der Waals surface area contributed by atoms with Crippen LogP contribution in [0.25, 0.3) is 124 Å². The van der Waals surface area contributed by atoms with E-state index < -0.39 is 58.5 Å². The molecule has 8 aliphatic heterocycles. The summed E-state index contributed by atoms with van der Waals surface area (Å²) in [5.41, 5.74) is 27.7. The van der Waals surface area contributed by atoms with Gasteiger partial charge in [0.2, 0.25) is 0 Å². The third kappa shape index (κ3) is 17.0. The first-order valence-electron chi connectivity index (χ1n) is 42.3. The molecule has 0 unspecified atom stereocenters. The molecule has 0 saturated carbocycles. The number of esters is 6. The number of carboxylic acids is 2. The van der Waals surface area contributed by atoms with Crippen LogP contribution in [-0.2, 0) is 90.4 Å². The van der Waals surface area contributed by atoms with Gasteiger partial charge in [0, 0.05) is 104 Å². The summed E-state index contributed by atoms with van der Waals surface area (Å²) >= 11 is 0. The van der Waals surface area contributed by atoms with Crippen molar-refractivity contribution >= 4 is 172 Å². The molecule has 0 saturated heterocycles. The smallest absolute Gasteiger partial charge is 0.334 e. The number of rotatable bonds is 18. The highest BCUT2D eigenvalue weighted by atomic mass is 16.5. The molecule has 0 spiro atoms. The number of hydrogen-bond acceptors (Lipinski definition) is 20. The molecule has 7 aromatic rings. The molecule has 28 heteroatoms. The number of carbonyl (C=O) groups excluding carboxylic acids is 6.